The summed E-state index contributed by atoms with van der Waals surface area (Å²) in [5.74, 6) is -0.417. The van der Waals surface area contributed by atoms with Crippen LogP contribution in [0.3, 0.4) is 0 Å². The molecule has 0 atom stereocenters. The molecule has 0 aliphatic rings. The molecule has 1 amide bonds. The molecule has 0 unspecified atom stereocenters. The summed E-state index contributed by atoms with van der Waals surface area (Å²) in [5, 5.41) is 7.29. The lowest BCUT2D eigenvalue weighted by atomic mass is 10.2. The summed E-state index contributed by atoms with van der Waals surface area (Å²) < 4.78 is 12.0. The number of carbonyl (C=O) groups excluding carboxylic acids is 2. The predicted octanol–water partition coefficient (Wildman–Crippen LogP) is 4.00. The zero-order valence-electron chi connectivity index (χ0n) is 18.0. The third-order valence-electron chi connectivity index (χ3n) is 4.72. The van der Waals surface area contributed by atoms with Crippen molar-refractivity contribution in [3.63, 3.8) is 0 Å². The maximum atomic E-state index is 12.3. The van der Waals surface area contributed by atoms with Crippen molar-refractivity contribution >= 4 is 23.6 Å². The highest BCUT2D eigenvalue weighted by molar-refractivity contribution is 5.95. The maximum Gasteiger partial charge on any atom is 0.331 e. The van der Waals surface area contributed by atoms with E-state index in [1.54, 1.807) is 23.9 Å². The number of methoxy groups -OCH3 is 1. The van der Waals surface area contributed by atoms with Crippen LogP contribution in [0.2, 0.25) is 0 Å². The van der Waals surface area contributed by atoms with E-state index < -0.39 is 18.5 Å². The van der Waals surface area contributed by atoms with E-state index >= 15 is 0 Å². The standard InChI is InChI=1S/C24H25N3O4/c1-16-9-12-20(13-10-16)27-18(3)24(17(2)26-27)25-22(28)15-31-23(29)14-11-19-7-5-6-8-21(19)30-4/h5-14H,15H2,1-4H3,(H,25,28)/b14-11+. The highest BCUT2D eigenvalue weighted by Crippen LogP contribution is 2.23. The molecule has 1 N–H and O–H groups in total. The first-order valence-electron chi connectivity index (χ1n) is 9.80. The molecule has 0 saturated heterocycles. The second-order valence-electron chi connectivity index (χ2n) is 7.02. The van der Waals surface area contributed by atoms with Crippen LogP contribution in [0.25, 0.3) is 11.8 Å². The molecule has 3 aromatic rings. The van der Waals surface area contributed by atoms with Gasteiger partial charge in [0.2, 0.25) is 0 Å². The van der Waals surface area contributed by atoms with Crippen molar-refractivity contribution in [2.45, 2.75) is 20.8 Å². The minimum absolute atomic E-state index is 0.399. The van der Waals surface area contributed by atoms with Crippen molar-refractivity contribution in [2.75, 3.05) is 19.0 Å². The summed E-state index contributed by atoms with van der Waals surface area (Å²) in [6.07, 6.45) is 2.84. The summed E-state index contributed by atoms with van der Waals surface area (Å²) in [6.45, 7) is 5.31. The summed E-state index contributed by atoms with van der Waals surface area (Å²) in [5.41, 5.74) is 4.86. The van der Waals surface area contributed by atoms with Crippen LogP contribution in [0, 0.1) is 20.8 Å². The number of para-hydroxylation sites is 1. The van der Waals surface area contributed by atoms with Gasteiger partial charge in [0.15, 0.2) is 6.61 Å². The van der Waals surface area contributed by atoms with E-state index in [9.17, 15) is 9.59 Å². The first-order valence-corrected chi connectivity index (χ1v) is 9.80. The number of hydrogen-bond donors (Lipinski definition) is 1. The number of rotatable bonds is 7. The summed E-state index contributed by atoms with van der Waals surface area (Å²) >= 11 is 0. The fourth-order valence-corrected chi connectivity index (χ4v) is 3.08. The molecule has 0 spiro atoms. The molecule has 3 rings (SSSR count). The van der Waals surface area contributed by atoms with Gasteiger partial charge in [0.1, 0.15) is 5.75 Å². The number of esters is 1. The number of ether oxygens (including phenoxy) is 2. The van der Waals surface area contributed by atoms with Gasteiger partial charge < -0.3 is 14.8 Å². The van der Waals surface area contributed by atoms with Gasteiger partial charge in [-0.3, -0.25) is 4.79 Å². The Hall–Kier alpha value is -3.87. The molecule has 7 nitrogen and oxygen atoms in total. The number of aromatic nitrogens is 2. The van der Waals surface area contributed by atoms with Crippen molar-refractivity contribution in [3.05, 3.63) is 77.1 Å². The Morgan fingerprint density at radius 1 is 1.06 bits per heavy atom. The van der Waals surface area contributed by atoms with E-state index in [1.807, 2.05) is 63.2 Å². The number of nitrogens with zero attached hydrogens (tertiary/aromatic N) is 2. The minimum atomic E-state index is -0.621. The van der Waals surface area contributed by atoms with E-state index in [0.29, 0.717) is 17.1 Å². The highest BCUT2D eigenvalue weighted by atomic mass is 16.5. The molecular weight excluding hydrogens is 394 g/mol. The monoisotopic (exact) mass is 419 g/mol. The Bertz CT molecular complexity index is 1110. The molecule has 0 fully saturated rings. The van der Waals surface area contributed by atoms with Crippen LogP contribution in [0.5, 0.6) is 5.75 Å². The lowest BCUT2D eigenvalue weighted by Crippen LogP contribution is -2.20. The summed E-state index contributed by atoms with van der Waals surface area (Å²) in [6, 6.07) is 15.2. The normalized spacial score (nSPS) is 10.8. The van der Waals surface area contributed by atoms with Gasteiger partial charge in [-0.05, 0) is 45.0 Å². The fourth-order valence-electron chi connectivity index (χ4n) is 3.08. The topological polar surface area (TPSA) is 82.4 Å². The van der Waals surface area contributed by atoms with Gasteiger partial charge >= 0.3 is 5.97 Å². The highest BCUT2D eigenvalue weighted by Gasteiger charge is 2.16. The molecule has 0 bridgehead atoms. The summed E-state index contributed by atoms with van der Waals surface area (Å²) in [7, 11) is 1.56. The second kappa shape index (κ2) is 9.75. The molecule has 0 saturated carbocycles. The third-order valence-corrected chi connectivity index (χ3v) is 4.72. The Kier molecular flexibility index (Phi) is 6.87. The van der Waals surface area contributed by atoms with Gasteiger partial charge in [-0.25, -0.2) is 9.48 Å². The zero-order chi connectivity index (χ0) is 22.4. The first-order chi connectivity index (χ1) is 14.9. The number of carbonyl (C=O) groups is 2. The van der Waals surface area contributed by atoms with Gasteiger partial charge in [-0.1, -0.05) is 35.9 Å². The molecule has 0 aliphatic carbocycles. The molecular formula is C24H25N3O4. The van der Waals surface area contributed by atoms with Gasteiger partial charge in [-0.15, -0.1) is 0 Å². The first kappa shape index (κ1) is 21.8. The molecule has 160 valence electrons. The number of nitrogens with one attached hydrogen (secondary N) is 1. The number of hydrogen-bond acceptors (Lipinski definition) is 5. The van der Waals surface area contributed by atoms with Crippen LogP contribution in [0.15, 0.2) is 54.6 Å². The van der Waals surface area contributed by atoms with Gasteiger partial charge in [0, 0.05) is 11.6 Å². The molecule has 2 aromatic carbocycles. The van der Waals surface area contributed by atoms with Crippen LogP contribution in [-0.4, -0.2) is 35.4 Å². The molecule has 1 aromatic heterocycles. The predicted molar refractivity (Wildman–Crippen MR) is 119 cm³/mol. The smallest absolute Gasteiger partial charge is 0.331 e. The quantitative estimate of drug-likeness (QED) is 0.462. The molecule has 1 heterocycles. The van der Waals surface area contributed by atoms with Gasteiger partial charge in [-0.2, -0.15) is 5.10 Å². The van der Waals surface area contributed by atoms with Crippen LogP contribution < -0.4 is 10.1 Å². The van der Waals surface area contributed by atoms with Crippen LogP contribution in [-0.2, 0) is 14.3 Å². The average molecular weight is 419 g/mol. The van der Waals surface area contributed by atoms with Gasteiger partial charge in [0.25, 0.3) is 5.91 Å². The average Bonchev–Trinajstić information content (AvgIpc) is 3.05. The fraction of sp³-hybridized carbons (Fsp3) is 0.208. The largest absolute Gasteiger partial charge is 0.496 e. The van der Waals surface area contributed by atoms with E-state index in [1.165, 1.54) is 6.08 Å². The Balaban J connectivity index is 1.60. The van der Waals surface area contributed by atoms with E-state index in [-0.39, 0.29) is 0 Å². The number of anilines is 1. The Morgan fingerprint density at radius 2 is 1.77 bits per heavy atom. The van der Waals surface area contributed by atoms with Gasteiger partial charge in [0.05, 0.1) is 29.9 Å². The maximum absolute atomic E-state index is 12.3. The van der Waals surface area contributed by atoms with Crippen molar-refractivity contribution in [1.82, 2.24) is 9.78 Å². The van der Waals surface area contributed by atoms with Crippen LogP contribution in [0.4, 0.5) is 5.69 Å². The number of amides is 1. The van der Waals surface area contributed by atoms with Crippen molar-refractivity contribution < 1.29 is 19.1 Å². The van der Waals surface area contributed by atoms with E-state index in [0.717, 1.165) is 22.5 Å². The summed E-state index contributed by atoms with van der Waals surface area (Å²) in [4.78, 5) is 24.3. The Morgan fingerprint density at radius 3 is 2.48 bits per heavy atom. The molecule has 0 aliphatic heterocycles. The van der Waals surface area contributed by atoms with Crippen molar-refractivity contribution in [1.29, 1.82) is 0 Å². The minimum Gasteiger partial charge on any atom is -0.496 e. The van der Waals surface area contributed by atoms with Crippen LogP contribution in [0.1, 0.15) is 22.5 Å². The van der Waals surface area contributed by atoms with Crippen molar-refractivity contribution in [2.24, 2.45) is 0 Å². The Labute approximate surface area is 181 Å². The van der Waals surface area contributed by atoms with E-state index in [4.69, 9.17) is 9.47 Å². The molecule has 31 heavy (non-hydrogen) atoms. The zero-order valence-corrected chi connectivity index (χ0v) is 18.0. The number of aryl methyl sites for hydroxylation is 2. The SMILES string of the molecule is COc1ccccc1/C=C/C(=O)OCC(=O)Nc1c(C)nn(-c2ccc(C)cc2)c1C. The van der Waals surface area contributed by atoms with Crippen molar-refractivity contribution in [3.8, 4) is 11.4 Å². The molecule has 7 heteroatoms. The molecule has 0 radical (unpaired) electrons. The third kappa shape index (κ3) is 5.39. The lowest BCUT2D eigenvalue weighted by Gasteiger charge is -2.08. The number of benzene rings is 2. The second-order valence-corrected chi connectivity index (χ2v) is 7.02. The van der Waals surface area contributed by atoms with E-state index in [2.05, 4.69) is 10.4 Å². The van der Waals surface area contributed by atoms with Crippen LogP contribution >= 0.6 is 0 Å². The lowest BCUT2D eigenvalue weighted by molar-refractivity contribution is -0.142.